The number of fused-ring (bicyclic) bond motifs is 1. The van der Waals surface area contributed by atoms with E-state index in [1.54, 1.807) is 64.1 Å². The van der Waals surface area contributed by atoms with Crippen LogP contribution in [0.4, 0.5) is 26.5 Å². The van der Waals surface area contributed by atoms with E-state index in [4.69, 9.17) is 21.1 Å². The average Bonchev–Trinajstić information content (AvgIpc) is 3.53. The van der Waals surface area contributed by atoms with Gasteiger partial charge in [-0.3, -0.25) is 9.69 Å². The minimum atomic E-state index is -1.08. The Bertz CT molecular complexity index is 1490. The standard InChI is InChI=1S/C31H40ClFN8O4/c1-9-21(12-11-20(3)33)17-31(10-2,19-34)13-14-39(7)27(42)26-18-41(29(43)45-30(4,5)6)24-15-22(32)23(16-25(24)44-26)40(8)28-35-37-38-36-28/h9,11-12,15-16,26H,1,10,13-14,17-18H2,2-8H3,(H,35,36,37,38)/b20-11+,21-12+. The fourth-order valence-electron chi connectivity index (χ4n) is 4.69. The molecule has 1 aromatic heterocycles. The highest BCUT2D eigenvalue weighted by Gasteiger charge is 2.39. The Hall–Kier alpha value is -4.44. The third kappa shape index (κ3) is 8.82. The van der Waals surface area contributed by atoms with Crippen molar-refractivity contribution in [2.45, 2.75) is 65.6 Å². The van der Waals surface area contributed by atoms with Crippen LogP contribution in [0, 0.1) is 16.7 Å². The van der Waals surface area contributed by atoms with Crippen LogP contribution in [0.5, 0.6) is 5.75 Å². The number of benzene rings is 1. The van der Waals surface area contributed by atoms with Crippen molar-refractivity contribution in [2.24, 2.45) is 5.41 Å². The molecule has 3 rings (SSSR count). The number of anilines is 3. The van der Waals surface area contributed by atoms with Crippen molar-refractivity contribution in [2.75, 3.05) is 37.0 Å². The molecule has 1 N–H and O–H groups in total. The number of hydrogen-bond donors (Lipinski definition) is 1. The molecular weight excluding hydrogens is 603 g/mol. The number of allylic oxidation sites excluding steroid dienone is 5. The third-order valence-corrected chi connectivity index (χ3v) is 7.67. The van der Waals surface area contributed by atoms with Crippen LogP contribution in [0.3, 0.4) is 0 Å². The molecule has 1 aliphatic heterocycles. The van der Waals surface area contributed by atoms with Gasteiger partial charge >= 0.3 is 6.09 Å². The van der Waals surface area contributed by atoms with Crippen molar-refractivity contribution in [1.29, 1.82) is 5.26 Å². The summed E-state index contributed by atoms with van der Waals surface area (Å²) in [7, 11) is 3.30. The van der Waals surface area contributed by atoms with E-state index in [1.807, 2.05) is 6.92 Å². The summed E-state index contributed by atoms with van der Waals surface area (Å²) in [4.78, 5) is 31.5. The maximum absolute atomic E-state index is 13.8. The minimum absolute atomic E-state index is 0.128. The first-order valence-corrected chi connectivity index (χ1v) is 14.8. The average molecular weight is 643 g/mol. The Kier molecular flexibility index (Phi) is 11.3. The van der Waals surface area contributed by atoms with Gasteiger partial charge in [0.2, 0.25) is 0 Å². The first-order valence-electron chi connectivity index (χ1n) is 14.4. The highest BCUT2D eigenvalue weighted by atomic mass is 35.5. The number of nitrogens with one attached hydrogen (secondary N) is 1. The van der Waals surface area contributed by atoms with Crippen LogP contribution in [0.15, 0.2) is 48.3 Å². The number of tetrazole rings is 1. The predicted molar refractivity (Wildman–Crippen MR) is 170 cm³/mol. The van der Waals surface area contributed by atoms with Crippen LogP contribution in [0.25, 0.3) is 0 Å². The summed E-state index contributed by atoms with van der Waals surface area (Å²) >= 11 is 6.62. The molecule has 0 fully saturated rings. The first kappa shape index (κ1) is 35.0. The summed E-state index contributed by atoms with van der Waals surface area (Å²) in [6, 6.07) is 5.56. The number of carbonyl (C=O) groups excluding carboxylic acids is 2. The van der Waals surface area contributed by atoms with E-state index in [2.05, 4.69) is 33.3 Å². The van der Waals surface area contributed by atoms with Crippen molar-refractivity contribution in [3.8, 4) is 11.8 Å². The van der Waals surface area contributed by atoms with Gasteiger partial charge in [0.1, 0.15) is 11.4 Å². The van der Waals surface area contributed by atoms with Crippen molar-refractivity contribution in [3.05, 3.63) is 53.4 Å². The lowest BCUT2D eigenvalue weighted by Crippen LogP contribution is -2.52. The Balaban J connectivity index is 1.89. The van der Waals surface area contributed by atoms with Gasteiger partial charge in [-0.2, -0.15) is 10.5 Å². The van der Waals surface area contributed by atoms with Gasteiger partial charge in [-0.05, 0) is 69.9 Å². The van der Waals surface area contributed by atoms with Crippen LogP contribution < -0.4 is 14.5 Å². The second-order valence-corrected chi connectivity index (χ2v) is 12.3. The second-order valence-electron chi connectivity index (χ2n) is 11.9. The molecular formula is C31H40ClFN8O4. The van der Waals surface area contributed by atoms with Crippen molar-refractivity contribution >= 4 is 40.9 Å². The molecule has 14 heteroatoms. The number of ether oxygens (including phenoxy) is 2. The fraction of sp³-hybridized carbons (Fsp3) is 0.484. The molecule has 0 bridgehead atoms. The number of nitrogens with zero attached hydrogens (tertiary/aromatic N) is 7. The lowest BCUT2D eigenvalue weighted by Gasteiger charge is -2.37. The number of H-pyrrole nitrogens is 1. The van der Waals surface area contributed by atoms with Gasteiger partial charge in [0.15, 0.2) is 6.10 Å². The molecule has 2 amide bonds. The number of halogens is 2. The molecule has 0 saturated heterocycles. The van der Waals surface area contributed by atoms with E-state index in [0.29, 0.717) is 36.2 Å². The molecule has 0 radical (unpaired) electrons. The molecule has 2 unspecified atom stereocenters. The number of aromatic nitrogens is 4. The van der Waals surface area contributed by atoms with E-state index >= 15 is 0 Å². The zero-order valence-electron chi connectivity index (χ0n) is 26.7. The number of likely N-dealkylation sites (N-methyl/N-ethyl adjacent to an activating group) is 1. The number of rotatable bonds is 11. The van der Waals surface area contributed by atoms with E-state index in [0.717, 1.165) is 0 Å². The Morgan fingerprint density at radius 3 is 2.60 bits per heavy atom. The maximum atomic E-state index is 13.8. The monoisotopic (exact) mass is 642 g/mol. The van der Waals surface area contributed by atoms with Crippen molar-refractivity contribution in [1.82, 2.24) is 25.5 Å². The van der Waals surface area contributed by atoms with E-state index in [-0.39, 0.29) is 35.6 Å². The molecule has 1 aliphatic rings. The SMILES string of the molecule is C=C/C(=C\C=C(/C)F)CC(C#N)(CC)CCN(C)C(=O)C1CN(C(=O)OC(C)(C)C)c2cc(Cl)c(N(C)c3nn[nH]n3)cc2O1. The normalized spacial score (nSPS) is 16.5. The highest BCUT2D eigenvalue weighted by Crippen LogP contribution is 2.43. The van der Waals surface area contributed by atoms with Gasteiger partial charge in [0, 0.05) is 26.7 Å². The summed E-state index contributed by atoms with van der Waals surface area (Å²) < 4.78 is 25.2. The van der Waals surface area contributed by atoms with Gasteiger partial charge in [-0.25, -0.2) is 9.18 Å². The van der Waals surface area contributed by atoms with Crippen LogP contribution in [-0.4, -0.2) is 76.4 Å². The summed E-state index contributed by atoms with van der Waals surface area (Å²) in [6.07, 6.45) is 3.98. The molecule has 2 aromatic rings. The molecule has 0 saturated carbocycles. The van der Waals surface area contributed by atoms with E-state index in [1.165, 1.54) is 22.8 Å². The maximum Gasteiger partial charge on any atom is 0.415 e. The van der Waals surface area contributed by atoms with Gasteiger partial charge in [0.25, 0.3) is 11.9 Å². The first-order chi connectivity index (χ1) is 21.1. The Morgan fingerprint density at radius 1 is 1.33 bits per heavy atom. The van der Waals surface area contributed by atoms with Gasteiger partial charge < -0.3 is 19.3 Å². The molecule has 0 spiro atoms. The molecule has 45 heavy (non-hydrogen) atoms. The van der Waals surface area contributed by atoms with E-state index in [9.17, 15) is 19.2 Å². The summed E-state index contributed by atoms with van der Waals surface area (Å²) in [5.41, 5.74) is -0.118. The van der Waals surface area contributed by atoms with Gasteiger partial charge in [0.05, 0.1) is 40.3 Å². The zero-order chi connectivity index (χ0) is 33.5. The summed E-state index contributed by atoms with van der Waals surface area (Å²) in [5.74, 6) is -0.281. The van der Waals surface area contributed by atoms with Crippen molar-refractivity contribution < 1.29 is 23.5 Å². The third-order valence-electron chi connectivity index (χ3n) is 7.37. The van der Waals surface area contributed by atoms with E-state index < -0.39 is 29.1 Å². The lowest BCUT2D eigenvalue weighted by atomic mass is 9.77. The van der Waals surface area contributed by atoms with Gasteiger partial charge in [-0.1, -0.05) is 42.4 Å². The van der Waals surface area contributed by atoms with Crippen LogP contribution in [0.2, 0.25) is 5.02 Å². The van der Waals surface area contributed by atoms with Crippen LogP contribution >= 0.6 is 11.6 Å². The largest absolute Gasteiger partial charge is 0.476 e. The summed E-state index contributed by atoms with van der Waals surface area (Å²) in [5, 5.41) is 24.3. The molecule has 2 atom stereocenters. The molecule has 242 valence electrons. The lowest BCUT2D eigenvalue weighted by molar-refractivity contribution is -0.137. The van der Waals surface area contributed by atoms with Crippen LogP contribution in [0.1, 0.15) is 53.9 Å². The van der Waals surface area contributed by atoms with Crippen molar-refractivity contribution in [3.63, 3.8) is 0 Å². The molecule has 12 nitrogen and oxygen atoms in total. The highest BCUT2D eigenvalue weighted by molar-refractivity contribution is 6.34. The quantitative estimate of drug-likeness (QED) is 0.281. The Morgan fingerprint density at radius 2 is 2.04 bits per heavy atom. The topological polar surface area (TPSA) is 141 Å². The minimum Gasteiger partial charge on any atom is -0.476 e. The summed E-state index contributed by atoms with van der Waals surface area (Å²) in [6.45, 7) is 12.4. The Labute approximate surface area is 268 Å². The zero-order valence-corrected chi connectivity index (χ0v) is 27.5. The van der Waals surface area contributed by atoms with Crippen LogP contribution in [-0.2, 0) is 9.53 Å². The smallest absolute Gasteiger partial charge is 0.415 e. The number of carbonyl (C=O) groups is 2. The number of aromatic amines is 1. The fourth-order valence-corrected chi connectivity index (χ4v) is 4.97. The molecule has 0 aliphatic carbocycles. The number of nitriles is 1. The van der Waals surface area contributed by atoms with Gasteiger partial charge in [-0.15, -0.1) is 5.10 Å². The predicted octanol–water partition coefficient (Wildman–Crippen LogP) is 6.27. The molecule has 2 heterocycles. The second kappa shape index (κ2) is 14.6. The molecule has 1 aromatic carbocycles. The number of hydrogen-bond acceptors (Lipinski definition) is 9. The number of amides is 2.